The molecule has 4 aromatic rings. The molecule has 6 heteroatoms. The van der Waals surface area contributed by atoms with Crippen LogP contribution in [-0.2, 0) is 11.3 Å². The highest BCUT2D eigenvalue weighted by Crippen LogP contribution is 2.34. The first-order chi connectivity index (χ1) is 16.0. The number of ether oxygens (including phenoxy) is 2. The van der Waals surface area contributed by atoms with Gasteiger partial charge < -0.3 is 20.1 Å². The van der Waals surface area contributed by atoms with Gasteiger partial charge in [-0.2, -0.15) is 0 Å². The van der Waals surface area contributed by atoms with Gasteiger partial charge in [0.15, 0.2) is 18.1 Å². The highest BCUT2D eigenvalue weighted by molar-refractivity contribution is 6.31. The number of aryl methyl sites for hydroxylation is 1. The molecule has 0 bridgehead atoms. The summed E-state index contributed by atoms with van der Waals surface area (Å²) in [6.45, 7) is 2.34. The van der Waals surface area contributed by atoms with Gasteiger partial charge in [0.25, 0.3) is 5.91 Å². The summed E-state index contributed by atoms with van der Waals surface area (Å²) in [5.41, 5.74) is 3.72. The van der Waals surface area contributed by atoms with Gasteiger partial charge in [-0.3, -0.25) is 4.79 Å². The highest BCUT2D eigenvalue weighted by Gasteiger charge is 2.13. The summed E-state index contributed by atoms with van der Waals surface area (Å²) in [4.78, 5) is 12.3. The van der Waals surface area contributed by atoms with E-state index in [-0.39, 0.29) is 12.5 Å². The van der Waals surface area contributed by atoms with E-state index in [1.54, 1.807) is 13.2 Å². The highest BCUT2D eigenvalue weighted by atomic mass is 35.5. The monoisotopic (exact) mass is 460 g/mol. The van der Waals surface area contributed by atoms with Gasteiger partial charge in [0.2, 0.25) is 0 Å². The van der Waals surface area contributed by atoms with Gasteiger partial charge >= 0.3 is 0 Å². The van der Waals surface area contributed by atoms with E-state index in [4.69, 9.17) is 21.1 Å². The number of nitrogens with one attached hydrogen (secondary N) is 2. The fourth-order valence-electron chi connectivity index (χ4n) is 3.53. The number of benzene rings is 4. The minimum Gasteiger partial charge on any atom is -0.493 e. The van der Waals surface area contributed by atoms with E-state index < -0.39 is 0 Å². The average Bonchev–Trinajstić information content (AvgIpc) is 2.83. The summed E-state index contributed by atoms with van der Waals surface area (Å²) < 4.78 is 11.2. The minimum absolute atomic E-state index is 0.159. The third-order valence-electron chi connectivity index (χ3n) is 5.29. The molecule has 0 fully saturated rings. The first kappa shape index (κ1) is 22.5. The van der Waals surface area contributed by atoms with E-state index >= 15 is 0 Å². The van der Waals surface area contributed by atoms with Gasteiger partial charge in [-0.25, -0.2) is 0 Å². The second-order valence-electron chi connectivity index (χ2n) is 7.68. The molecule has 33 heavy (non-hydrogen) atoms. The van der Waals surface area contributed by atoms with Crippen molar-refractivity contribution >= 4 is 39.7 Å². The zero-order valence-electron chi connectivity index (χ0n) is 18.5. The summed E-state index contributed by atoms with van der Waals surface area (Å²) in [5, 5.41) is 9.09. The van der Waals surface area contributed by atoms with Gasteiger partial charge in [-0.05, 0) is 42.1 Å². The molecule has 0 unspecified atom stereocenters. The third-order valence-corrected chi connectivity index (χ3v) is 5.64. The van der Waals surface area contributed by atoms with Crippen LogP contribution in [-0.4, -0.2) is 19.6 Å². The Kier molecular flexibility index (Phi) is 7.01. The van der Waals surface area contributed by atoms with Crippen LogP contribution in [0.1, 0.15) is 11.1 Å². The SMILES string of the molecule is COc1cc(CNc2cccc3ccccc23)c(Cl)cc1OCC(=O)Nc1ccc(C)cc1. The molecule has 5 nitrogen and oxygen atoms in total. The number of amides is 1. The Balaban J connectivity index is 1.43. The number of fused-ring (bicyclic) bond motifs is 1. The largest absolute Gasteiger partial charge is 0.493 e. The van der Waals surface area contributed by atoms with Crippen LogP contribution in [0.2, 0.25) is 5.02 Å². The zero-order valence-corrected chi connectivity index (χ0v) is 19.3. The van der Waals surface area contributed by atoms with Crippen LogP contribution in [0.5, 0.6) is 11.5 Å². The van der Waals surface area contributed by atoms with Gasteiger partial charge in [-0.15, -0.1) is 0 Å². The molecule has 2 N–H and O–H groups in total. The number of carbonyl (C=O) groups is 1. The van der Waals surface area contributed by atoms with Gasteiger partial charge in [0.05, 0.1) is 7.11 Å². The van der Waals surface area contributed by atoms with E-state index in [2.05, 4.69) is 28.8 Å². The number of carbonyl (C=O) groups excluding carboxylic acids is 1. The molecule has 0 aromatic heterocycles. The fraction of sp³-hybridized carbons (Fsp3) is 0.148. The molecule has 0 spiro atoms. The maximum Gasteiger partial charge on any atom is 0.262 e. The molecule has 0 aliphatic rings. The third kappa shape index (κ3) is 5.57. The number of rotatable bonds is 8. The summed E-state index contributed by atoms with van der Waals surface area (Å²) in [6.07, 6.45) is 0. The maximum absolute atomic E-state index is 12.3. The second-order valence-corrected chi connectivity index (χ2v) is 8.08. The Labute approximate surface area is 198 Å². The number of methoxy groups -OCH3 is 1. The van der Waals surface area contributed by atoms with E-state index in [1.165, 1.54) is 5.39 Å². The Hall–Kier alpha value is -3.70. The van der Waals surface area contributed by atoms with Crippen molar-refractivity contribution in [2.75, 3.05) is 24.4 Å². The van der Waals surface area contributed by atoms with Crippen LogP contribution in [0.25, 0.3) is 10.8 Å². The molecule has 4 rings (SSSR count). The predicted octanol–water partition coefficient (Wildman–Crippen LogP) is 6.44. The van der Waals surface area contributed by atoms with Crippen molar-refractivity contribution in [3.05, 3.63) is 95.0 Å². The molecule has 0 aliphatic heterocycles. The number of hydrogen-bond acceptors (Lipinski definition) is 4. The van der Waals surface area contributed by atoms with E-state index in [1.807, 2.05) is 61.5 Å². The average molecular weight is 461 g/mol. The maximum atomic E-state index is 12.3. The van der Waals surface area contributed by atoms with Crippen LogP contribution in [0.3, 0.4) is 0 Å². The Morgan fingerprint density at radius 1 is 0.939 bits per heavy atom. The van der Waals surface area contributed by atoms with Crippen LogP contribution >= 0.6 is 11.6 Å². The summed E-state index contributed by atoms with van der Waals surface area (Å²) in [7, 11) is 1.56. The number of halogens is 1. The smallest absolute Gasteiger partial charge is 0.262 e. The van der Waals surface area contributed by atoms with Crippen molar-refractivity contribution < 1.29 is 14.3 Å². The molecule has 0 heterocycles. The summed E-state index contributed by atoms with van der Waals surface area (Å²) in [5.74, 6) is 0.659. The molecule has 0 saturated heterocycles. The molecule has 0 saturated carbocycles. The minimum atomic E-state index is -0.265. The molecule has 0 radical (unpaired) electrons. The molecule has 0 atom stereocenters. The van der Waals surface area contributed by atoms with Crippen molar-refractivity contribution in [1.29, 1.82) is 0 Å². The predicted molar refractivity (Wildman–Crippen MR) is 135 cm³/mol. The van der Waals surface area contributed by atoms with E-state index in [9.17, 15) is 4.79 Å². The lowest BCUT2D eigenvalue weighted by molar-refractivity contribution is -0.118. The topological polar surface area (TPSA) is 59.6 Å². The lowest BCUT2D eigenvalue weighted by Crippen LogP contribution is -2.20. The Bertz CT molecular complexity index is 1270. The van der Waals surface area contributed by atoms with Crippen molar-refractivity contribution in [2.24, 2.45) is 0 Å². The van der Waals surface area contributed by atoms with E-state index in [0.29, 0.717) is 28.8 Å². The van der Waals surface area contributed by atoms with Crippen molar-refractivity contribution in [2.45, 2.75) is 13.5 Å². The molecule has 1 amide bonds. The molecule has 0 aliphatic carbocycles. The van der Waals surface area contributed by atoms with Crippen molar-refractivity contribution in [1.82, 2.24) is 0 Å². The van der Waals surface area contributed by atoms with Crippen LogP contribution in [0, 0.1) is 6.92 Å². The van der Waals surface area contributed by atoms with Crippen molar-refractivity contribution in [3.63, 3.8) is 0 Å². The van der Waals surface area contributed by atoms with E-state index in [0.717, 1.165) is 22.2 Å². The first-order valence-electron chi connectivity index (χ1n) is 10.6. The van der Waals surface area contributed by atoms with Crippen LogP contribution in [0.15, 0.2) is 78.9 Å². The van der Waals surface area contributed by atoms with Gasteiger partial charge in [-0.1, -0.05) is 65.7 Å². The zero-order chi connectivity index (χ0) is 23.2. The summed E-state index contributed by atoms with van der Waals surface area (Å²) in [6, 6.07) is 25.4. The van der Waals surface area contributed by atoms with Crippen LogP contribution < -0.4 is 20.1 Å². The number of anilines is 2. The van der Waals surface area contributed by atoms with Gasteiger partial charge in [0.1, 0.15) is 0 Å². The first-order valence-corrected chi connectivity index (χ1v) is 11.0. The van der Waals surface area contributed by atoms with Crippen LogP contribution in [0.4, 0.5) is 11.4 Å². The lowest BCUT2D eigenvalue weighted by atomic mass is 10.1. The molecular weight excluding hydrogens is 436 g/mol. The molecular formula is C27H25ClN2O3. The Morgan fingerprint density at radius 2 is 1.70 bits per heavy atom. The Morgan fingerprint density at radius 3 is 2.48 bits per heavy atom. The van der Waals surface area contributed by atoms with Crippen molar-refractivity contribution in [3.8, 4) is 11.5 Å². The fourth-order valence-corrected chi connectivity index (χ4v) is 3.75. The number of hydrogen-bond donors (Lipinski definition) is 2. The second kappa shape index (κ2) is 10.3. The normalized spacial score (nSPS) is 10.6. The molecule has 4 aromatic carbocycles. The molecule has 168 valence electrons. The quantitative estimate of drug-likeness (QED) is 0.317. The summed E-state index contributed by atoms with van der Waals surface area (Å²) >= 11 is 6.53. The lowest BCUT2D eigenvalue weighted by Gasteiger charge is -2.15. The van der Waals surface area contributed by atoms with Gasteiger partial charge in [0, 0.05) is 34.4 Å². The standard InChI is InChI=1S/C27H25ClN2O3/c1-18-10-12-21(13-11-18)30-27(31)17-33-26-15-23(28)20(14-25(26)32-2)16-29-24-9-5-7-19-6-3-4-8-22(19)24/h3-15,29H,16-17H2,1-2H3,(H,30,31).